The second-order valence-electron chi connectivity index (χ2n) is 8.43. The second-order valence-corrected chi connectivity index (χ2v) is 11.8. The summed E-state index contributed by atoms with van der Waals surface area (Å²) < 4.78 is 29.5. The van der Waals surface area contributed by atoms with Gasteiger partial charge in [-0.1, -0.05) is 36.8 Å². The molecular weight excluding hydrogens is 456 g/mol. The van der Waals surface area contributed by atoms with Gasteiger partial charge >= 0.3 is 0 Å². The molecule has 1 saturated heterocycles. The van der Waals surface area contributed by atoms with Gasteiger partial charge in [0.2, 0.25) is 5.91 Å². The lowest BCUT2D eigenvalue weighted by molar-refractivity contribution is -0.120. The number of nitrogens with one attached hydrogen (secondary N) is 1. The van der Waals surface area contributed by atoms with Crippen molar-refractivity contribution in [2.24, 2.45) is 0 Å². The molecule has 1 aliphatic rings. The number of nitrogens with zero attached hydrogens (tertiary/aromatic N) is 3. The van der Waals surface area contributed by atoms with Crippen LogP contribution in [-0.4, -0.2) is 41.5 Å². The molecule has 0 spiro atoms. The van der Waals surface area contributed by atoms with E-state index >= 15 is 0 Å². The molecule has 4 rings (SSSR count). The van der Waals surface area contributed by atoms with Crippen LogP contribution >= 0.6 is 11.3 Å². The number of carbonyl (C=O) groups is 1. The molecule has 0 bridgehead atoms. The van der Waals surface area contributed by atoms with Crippen molar-refractivity contribution in [3.8, 4) is 0 Å². The third-order valence-electron chi connectivity index (χ3n) is 6.05. The maximum absolute atomic E-state index is 12.8. The lowest BCUT2D eigenvalue weighted by atomic mass is 10.2. The Morgan fingerprint density at radius 2 is 1.79 bits per heavy atom. The number of sulfonamides is 1. The first-order chi connectivity index (χ1) is 15.8. The van der Waals surface area contributed by atoms with Crippen LogP contribution in [0.1, 0.15) is 46.7 Å². The standard InChI is InChI=1S/C24H30N4O3S2/c1-18-22(19(2)28(26-18)17-20-9-5-3-6-10-20)16-25-23(29)15-21-11-12-24(32-21)33(30,31)27-13-7-4-8-14-27/h3,5-6,9-12H,4,7-8,13-17H2,1-2H3,(H,25,29). The topological polar surface area (TPSA) is 84.3 Å². The van der Waals surface area contributed by atoms with Gasteiger partial charge in [-0.3, -0.25) is 9.48 Å². The van der Waals surface area contributed by atoms with Gasteiger partial charge in [-0.25, -0.2) is 8.42 Å². The molecule has 1 aromatic carbocycles. The van der Waals surface area contributed by atoms with Crippen LogP contribution in [0.2, 0.25) is 0 Å². The Kier molecular flexibility index (Phi) is 7.31. The van der Waals surface area contributed by atoms with Crippen LogP contribution in [0.4, 0.5) is 0 Å². The van der Waals surface area contributed by atoms with E-state index in [1.807, 2.05) is 36.7 Å². The van der Waals surface area contributed by atoms with Gasteiger partial charge in [-0.05, 0) is 44.4 Å². The number of carbonyl (C=O) groups excluding carboxylic acids is 1. The van der Waals surface area contributed by atoms with Gasteiger partial charge in [-0.15, -0.1) is 11.3 Å². The molecule has 3 heterocycles. The number of thiophene rings is 1. The number of amides is 1. The molecule has 1 fully saturated rings. The maximum atomic E-state index is 12.8. The monoisotopic (exact) mass is 486 g/mol. The van der Waals surface area contributed by atoms with E-state index in [4.69, 9.17) is 0 Å². The molecule has 1 amide bonds. The molecule has 0 atom stereocenters. The van der Waals surface area contributed by atoms with Gasteiger partial charge in [0.05, 0.1) is 18.7 Å². The normalized spacial score (nSPS) is 15.0. The number of rotatable bonds is 8. The zero-order valence-corrected chi connectivity index (χ0v) is 20.7. The number of hydrogen-bond donors (Lipinski definition) is 1. The molecular formula is C24H30N4O3S2. The van der Waals surface area contributed by atoms with Crippen molar-refractivity contribution in [1.82, 2.24) is 19.4 Å². The lowest BCUT2D eigenvalue weighted by Gasteiger charge is -2.25. The molecule has 0 radical (unpaired) electrons. The Morgan fingerprint density at radius 1 is 1.06 bits per heavy atom. The summed E-state index contributed by atoms with van der Waals surface area (Å²) in [7, 11) is -3.46. The van der Waals surface area contributed by atoms with Crippen LogP contribution in [0.5, 0.6) is 0 Å². The Bertz CT molecular complexity index is 1210. The largest absolute Gasteiger partial charge is 0.352 e. The Hall–Kier alpha value is -2.49. The molecule has 0 unspecified atom stereocenters. The first kappa shape index (κ1) is 23.7. The van der Waals surface area contributed by atoms with E-state index in [0.29, 0.717) is 30.4 Å². The van der Waals surface area contributed by atoms with Crippen molar-refractivity contribution in [2.45, 2.75) is 56.8 Å². The fourth-order valence-corrected chi connectivity index (χ4v) is 7.16. The van der Waals surface area contributed by atoms with Crippen molar-refractivity contribution in [3.05, 3.63) is 69.9 Å². The Balaban J connectivity index is 1.36. The summed E-state index contributed by atoms with van der Waals surface area (Å²) in [4.78, 5) is 13.3. The number of hydrogen-bond acceptors (Lipinski definition) is 5. The van der Waals surface area contributed by atoms with Gasteiger partial charge in [-0.2, -0.15) is 9.40 Å². The third-order valence-corrected chi connectivity index (χ3v) is 9.50. The fraction of sp³-hybridized carbons (Fsp3) is 0.417. The summed E-state index contributed by atoms with van der Waals surface area (Å²) in [6.07, 6.45) is 3.05. The van der Waals surface area contributed by atoms with Gasteiger partial charge < -0.3 is 5.32 Å². The summed E-state index contributed by atoms with van der Waals surface area (Å²) in [5.41, 5.74) is 4.11. The third kappa shape index (κ3) is 5.54. The van der Waals surface area contributed by atoms with Crippen molar-refractivity contribution in [3.63, 3.8) is 0 Å². The predicted molar refractivity (Wildman–Crippen MR) is 130 cm³/mol. The molecule has 1 aliphatic heterocycles. The predicted octanol–water partition coefficient (Wildman–Crippen LogP) is 3.64. The Labute approximate surface area is 199 Å². The highest BCUT2D eigenvalue weighted by Gasteiger charge is 2.27. The number of piperidine rings is 1. The van der Waals surface area contributed by atoms with Gasteiger partial charge in [0, 0.05) is 35.8 Å². The zero-order valence-electron chi connectivity index (χ0n) is 19.1. The molecule has 7 nitrogen and oxygen atoms in total. The lowest BCUT2D eigenvalue weighted by Crippen LogP contribution is -2.35. The van der Waals surface area contributed by atoms with Crippen LogP contribution < -0.4 is 5.32 Å². The summed E-state index contributed by atoms with van der Waals surface area (Å²) in [6, 6.07) is 13.5. The molecule has 1 N–H and O–H groups in total. The van der Waals surface area contributed by atoms with E-state index in [2.05, 4.69) is 22.5 Å². The zero-order chi connectivity index (χ0) is 23.4. The van der Waals surface area contributed by atoms with Gasteiger partial charge in [0.15, 0.2) is 0 Å². The highest BCUT2D eigenvalue weighted by Crippen LogP contribution is 2.27. The average molecular weight is 487 g/mol. The highest BCUT2D eigenvalue weighted by atomic mass is 32.2. The Morgan fingerprint density at radius 3 is 2.52 bits per heavy atom. The summed E-state index contributed by atoms with van der Waals surface area (Å²) in [5, 5.41) is 7.61. The van der Waals surface area contributed by atoms with E-state index in [-0.39, 0.29) is 12.3 Å². The molecule has 9 heteroatoms. The van der Waals surface area contributed by atoms with Crippen molar-refractivity contribution in [1.29, 1.82) is 0 Å². The van der Waals surface area contributed by atoms with Crippen LogP contribution in [0.25, 0.3) is 0 Å². The van der Waals surface area contributed by atoms with Crippen LogP contribution in [0, 0.1) is 13.8 Å². The second kappa shape index (κ2) is 10.2. The smallest absolute Gasteiger partial charge is 0.252 e. The maximum Gasteiger partial charge on any atom is 0.252 e. The van der Waals surface area contributed by atoms with E-state index < -0.39 is 10.0 Å². The minimum Gasteiger partial charge on any atom is -0.352 e. The van der Waals surface area contributed by atoms with E-state index in [1.54, 1.807) is 16.4 Å². The fourth-order valence-electron chi connectivity index (χ4n) is 4.13. The van der Waals surface area contributed by atoms with Crippen LogP contribution in [0.3, 0.4) is 0 Å². The quantitative estimate of drug-likeness (QED) is 0.527. The van der Waals surface area contributed by atoms with Gasteiger partial charge in [0.25, 0.3) is 10.0 Å². The first-order valence-electron chi connectivity index (χ1n) is 11.3. The number of aromatic nitrogens is 2. The average Bonchev–Trinajstić information content (AvgIpc) is 3.38. The molecule has 33 heavy (non-hydrogen) atoms. The summed E-state index contributed by atoms with van der Waals surface area (Å²) in [6.45, 7) is 6.20. The SMILES string of the molecule is Cc1nn(Cc2ccccc2)c(C)c1CNC(=O)Cc1ccc(S(=O)(=O)N2CCCCC2)s1. The van der Waals surface area contributed by atoms with E-state index in [0.717, 1.165) is 41.1 Å². The van der Waals surface area contributed by atoms with Crippen molar-refractivity contribution >= 4 is 27.3 Å². The molecule has 0 aliphatic carbocycles. The number of aryl methyl sites for hydroxylation is 1. The highest BCUT2D eigenvalue weighted by molar-refractivity contribution is 7.91. The van der Waals surface area contributed by atoms with Gasteiger partial charge in [0.1, 0.15) is 4.21 Å². The van der Waals surface area contributed by atoms with Crippen LogP contribution in [-0.2, 0) is 34.3 Å². The molecule has 0 saturated carbocycles. The molecule has 3 aromatic rings. The summed E-state index contributed by atoms with van der Waals surface area (Å²) in [5.74, 6) is -0.131. The van der Waals surface area contributed by atoms with Crippen LogP contribution in [0.15, 0.2) is 46.7 Å². The van der Waals surface area contributed by atoms with Crippen molar-refractivity contribution < 1.29 is 13.2 Å². The minimum absolute atomic E-state index is 0.131. The van der Waals surface area contributed by atoms with E-state index in [1.165, 1.54) is 16.9 Å². The molecule has 2 aromatic heterocycles. The number of benzene rings is 1. The first-order valence-corrected chi connectivity index (χ1v) is 13.5. The minimum atomic E-state index is -3.46. The summed E-state index contributed by atoms with van der Waals surface area (Å²) >= 11 is 1.19. The van der Waals surface area contributed by atoms with E-state index in [9.17, 15) is 13.2 Å². The van der Waals surface area contributed by atoms with Crippen molar-refractivity contribution in [2.75, 3.05) is 13.1 Å². The molecule has 176 valence electrons.